The second-order valence-corrected chi connectivity index (χ2v) is 6.50. The van der Waals surface area contributed by atoms with Crippen LogP contribution < -0.4 is 21.1 Å². The Labute approximate surface area is 167 Å². The maximum atomic E-state index is 12.6. The maximum Gasteiger partial charge on any atom is 0.326 e. The molecule has 2 atom stereocenters. The molecule has 2 aromatic rings. The first-order chi connectivity index (χ1) is 13.8. The lowest BCUT2D eigenvalue weighted by Gasteiger charge is -2.20. The Balaban J connectivity index is 2.24. The van der Waals surface area contributed by atoms with E-state index in [9.17, 15) is 19.5 Å². The molecular weight excluding hydrogens is 378 g/mol. The number of rotatable bonds is 10. The Hall–Kier alpha value is -3.40. The van der Waals surface area contributed by atoms with E-state index in [-0.39, 0.29) is 30.4 Å². The number of H-pyrrole nitrogens is 1. The lowest BCUT2D eigenvalue weighted by molar-refractivity contribution is -0.140. The molecular formula is C19H25N5O5. The van der Waals surface area contributed by atoms with E-state index < -0.39 is 23.8 Å². The third-order valence-electron chi connectivity index (χ3n) is 4.41. The molecule has 0 aliphatic heterocycles. The molecule has 0 aliphatic rings. The lowest BCUT2D eigenvalue weighted by atomic mass is 9.99. The molecule has 0 saturated carbocycles. The van der Waals surface area contributed by atoms with Gasteiger partial charge >= 0.3 is 5.97 Å². The number of hydrogen-bond acceptors (Lipinski definition) is 6. The number of amides is 2. The number of hydrogen-bond donors (Lipinski definition) is 5. The monoisotopic (exact) mass is 403 g/mol. The second kappa shape index (κ2) is 10.2. The number of aromatic amines is 1. The van der Waals surface area contributed by atoms with Crippen LogP contribution in [0.25, 0.3) is 0 Å². The van der Waals surface area contributed by atoms with E-state index in [4.69, 9.17) is 10.5 Å². The van der Waals surface area contributed by atoms with Gasteiger partial charge in [-0.15, -0.1) is 0 Å². The molecule has 0 saturated heterocycles. The number of imidazole rings is 1. The molecule has 0 spiro atoms. The third kappa shape index (κ3) is 6.04. The van der Waals surface area contributed by atoms with Crippen LogP contribution in [0.1, 0.15) is 36.3 Å². The molecule has 0 radical (unpaired) electrons. The number of nitrogens with zero attached hydrogens (tertiary/aromatic N) is 1. The second-order valence-electron chi connectivity index (χ2n) is 6.50. The smallest absolute Gasteiger partial charge is 0.326 e. The van der Waals surface area contributed by atoms with Crippen LogP contribution in [-0.2, 0) is 16.2 Å². The first-order valence-corrected chi connectivity index (χ1v) is 9.13. The molecule has 0 unspecified atom stereocenters. The summed E-state index contributed by atoms with van der Waals surface area (Å²) in [5.74, 6) is -2.08. The van der Waals surface area contributed by atoms with Crippen LogP contribution >= 0.6 is 0 Å². The minimum absolute atomic E-state index is 0.126. The minimum Gasteiger partial charge on any atom is -0.485 e. The van der Waals surface area contributed by atoms with E-state index in [2.05, 4.69) is 20.6 Å². The number of anilines is 1. The Kier molecular flexibility index (Phi) is 7.72. The Morgan fingerprint density at radius 2 is 2.10 bits per heavy atom. The first kappa shape index (κ1) is 21.9. The van der Waals surface area contributed by atoms with E-state index in [1.54, 1.807) is 13.1 Å². The number of nitrogens with two attached hydrogens (primary N) is 1. The third-order valence-corrected chi connectivity index (χ3v) is 4.41. The van der Waals surface area contributed by atoms with Gasteiger partial charge in [-0.2, -0.15) is 0 Å². The highest BCUT2D eigenvalue weighted by atomic mass is 16.5. The van der Waals surface area contributed by atoms with E-state index in [0.717, 1.165) is 0 Å². The van der Waals surface area contributed by atoms with E-state index in [1.165, 1.54) is 24.5 Å². The number of carboxylic acid groups (broad SMARTS) is 1. The molecule has 29 heavy (non-hydrogen) atoms. The summed E-state index contributed by atoms with van der Waals surface area (Å²) in [4.78, 5) is 42.5. The number of aliphatic carboxylic acids is 1. The van der Waals surface area contributed by atoms with Gasteiger partial charge in [0.25, 0.3) is 5.91 Å². The Morgan fingerprint density at radius 3 is 2.69 bits per heavy atom. The predicted molar refractivity (Wildman–Crippen MR) is 105 cm³/mol. The van der Waals surface area contributed by atoms with Crippen molar-refractivity contribution in [3.8, 4) is 5.75 Å². The summed E-state index contributed by atoms with van der Waals surface area (Å²) >= 11 is 0. The number of carbonyl (C=O) groups is 3. The van der Waals surface area contributed by atoms with Crippen LogP contribution in [0, 0.1) is 5.92 Å². The predicted octanol–water partition coefficient (Wildman–Crippen LogP) is 1.11. The van der Waals surface area contributed by atoms with Crippen molar-refractivity contribution in [3.05, 3.63) is 42.0 Å². The van der Waals surface area contributed by atoms with E-state index in [0.29, 0.717) is 17.8 Å². The van der Waals surface area contributed by atoms with Gasteiger partial charge in [0, 0.05) is 5.56 Å². The molecule has 0 bridgehead atoms. The fraction of sp³-hybridized carbons (Fsp3) is 0.368. The highest BCUT2D eigenvalue weighted by Crippen LogP contribution is 2.27. The van der Waals surface area contributed by atoms with Gasteiger partial charge in [-0.25, -0.2) is 9.78 Å². The number of carboxylic acids is 1. The average Bonchev–Trinajstić information content (AvgIpc) is 3.23. The summed E-state index contributed by atoms with van der Waals surface area (Å²) in [6, 6.07) is 3.40. The summed E-state index contributed by atoms with van der Waals surface area (Å²) in [5.41, 5.74) is 6.57. The van der Waals surface area contributed by atoms with Crippen LogP contribution in [0.5, 0.6) is 5.75 Å². The van der Waals surface area contributed by atoms with Gasteiger partial charge in [0.2, 0.25) is 5.91 Å². The van der Waals surface area contributed by atoms with Crippen LogP contribution in [0.3, 0.4) is 0 Å². The molecule has 10 heteroatoms. The zero-order valence-corrected chi connectivity index (χ0v) is 16.3. The molecule has 156 valence electrons. The van der Waals surface area contributed by atoms with Gasteiger partial charge in [-0.05, 0) is 24.1 Å². The van der Waals surface area contributed by atoms with Gasteiger partial charge in [-0.1, -0.05) is 20.3 Å². The van der Waals surface area contributed by atoms with Crippen LogP contribution in [0.2, 0.25) is 0 Å². The van der Waals surface area contributed by atoms with Crippen molar-refractivity contribution in [2.45, 2.75) is 32.9 Å². The molecule has 6 N–H and O–H groups in total. The highest BCUT2D eigenvalue weighted by Gasteiger charge is 2.26. The summed E-state index contributed by atoms with van der Waals surface area (Å²) in [5, 5.41) is 14.5. The summed E-state index contributed by atoms with van der Waals surface area (Å²) in [7, 11) is 0. The standard InChI is InChI=1S/C19H25N5O5/c1-3-11(2)17(19(27)28)24-18(26)12-4-5-14(23-16(25)7-20)15(6-12)29-9-13-8-21-10-22-13/h4-6,8,10-11,17H,3,7,9,20H2,1-2H3,(H,21,22)(H,23,25)(H,24,26)(H,27,28)/t11-,17-/m0/s1. The van der Waals surface area contributed by atoms with Gasteiger partial charge < -0.3 is 31.2 Å². The zero-order valence-electron chi connectivity index (χ0n) is 16.3. The van der Waals surface area contributed by atoms with Gasteiger partial charge in [0.05, 0.1) is 30.5 Å². The summed E-state index contributed by atoms with van der Waals surface area (Å²) in [6.45, 7) is 3.52. The highest BCUT2D eigenvalue weighted by molar-refractivity contribution is 5.99. The largest absolute Gasteiger partial charge is 0.485 e. The molecule has 2 rings (SSSR count). The number of aromatic nitrogens is 2. The minimum atomic E-state index is -1.10. The van der Waals surface area contributed by atoms with E-state index >= 15 is 0 Å². The fourth-order valence-corrected chi connectivity index (χ4v) is 2.51. The summed E-state index contributed by atoms with van der Waals surface area (Å²) < 4.78 is 5.72. The molecule has 10 nitrogen and oxygen atoms in total. The fourth-order valence-electron chi connectivity index (χ4n) is 2.51. The van der Waals surface area contributed by atoms with Crippen molar-refractivity contribution in [2.75, 3.05) is 11.9 Å². The average molecular weight is 403 g/mol. The van der Waals surface area contributed by atoms with Gasteiger partial charge in [0.1, 0.15) is 18.4 Å². The van der Waals surface area contributed by atoms with Crippen molar-refractivity contribution in [1.29, 1.82) is 0 Å². The van der Waals surface area contributed by atoms with Crippen molar-refractivity contribution < 1.29 is 24.2 Å². The molecule has 1 heterocycles. The SMILES string of the molecule is CC[C@H](C)[C@H](NC(=O)c1ccc(NC(=O)CN)c(OCc2cnc[nH]2)c1)C(=O)O. The van der Waals surface area contributed by atoms with Crippen molar-refractivity contribution >= 4 is 23.5 Å². The lowest BCUT2D eigenvalue weighted by Crippen LogP contribution is -2.45. The Bertz CT molecular complexity index is 853. The van der Waals surface area contributed by atoms with Gasteiger partial charge in [-0.3, -0.25) is 9.59 Å². The van der Waals surface area contributed by atoms with Crippen molar-refractivity contribution in [2.24, 2.45) is 11.7 Å². The van der Waals surface area contributed by atoms with Crippen LogP contribution in [0.4, 0.5) is 5.69 Å². The molecule has 1 aromatic carbocycles. The quantitative estimate of drug-likeness (QED) is 0.397. The number of carbonyl (C=O) groups excluding carboxylic acids is 2. The Morgan fingerprint density at radius 1 is 1.34 bits per heavy atom. The zero-order chi connectivity index (χ0) is 21.4. The maximum absolute atomic E-state index is 12.6. The van der Waals surface area contributed by atoms with Crippen molar-refractivity contribution in [1.82, 2.24) is 15.3 Å². The normalized spacial score (nSPS) is 12.7. The van der Waals surface area contributed by atoms with Crippen LogP contribution in [0.15, 0.2) is 30.7 Å². The molecule has 1 aromatic heterocycles. The number of nitrogens with one attached hydrogen (secondary N) is 3. The summed E-state index contributed by atoms with van der Waals surface area (Å²) in [6.07, 6.45) is 3.68. The van der Waals surface area contributed by atoms with Crippen LogP contribution in [-0.4, -0.2) is 45.4 Å². The topological polar surface area (TPSA) is 159 Å². The molecule has 2 amide bonds. The van der Waals surface area contributed by atoms with E-state index in [1.807, 2.05) is 6.92 Å². The van der Waals surface area contributed by atoms with Gasteiger partial charge in [0.15, 0.2) is 0 Å². The first-order valence-electron chi connectivity index (χ1n) is 9.13. The molecule has 0 fully saturated rings. The molecule has 0 aliphatic carbocycles. The van der Waals surface area contributed by atoms with Crippen molar-refractivity contribution in [3.63, 3.8) is 0 Å². The number of benzene rings is 1. The number of ether oxygens (including phenoxy) is 1.